The number of urea groups is 1. The summed E-state index contributed by atoms with van der Waals surface area (Å²) in [4.78, 5) is 18.8. The molecule has 0 spiro atoms. The third kappa shape index (κ3) is 97.8. The molecule has 0 heterocycles. The van der Waals surface area contributed by atoms with E-state index in [-0.39, 0.29) is 5.97 Å². The molecule has 0 fully saturated rings. The Morgan fingerprint density at radius 3 is 1.44 bits per heavy atom. The Bertz CT molecular complexity index is 244. The molecule has 0 aromatic carbocycles. The topological polar surface area (TPSA) is 95.4 Å². The van der Waals surface area contributed by atoms with E-state index in [0.29, 0.717) is 0 Å². The molecular formula is C11H18N2O3. The van der Waals surface area contributed by atoms with Gasteiger partial charge in [0.25, 0.3) is 0 Å². The van der Waals surface area contributed by atoms with Crippen molar-refractivity contribution in [2.75, 3.05) is 0 Å². The fourth-order valence-corrected chi connectivity index (χ4v) is 0.274. The smallest absolute Gasteiger partial charge is 0.309 e. The molecule has 0 aromatic rings. The van der Waals surface area contributed by atoms with Crippen LogP contribution in [0, 0.1) is 0 Å². The van der Waals surface area contributed by atoms with Gasteiger partial charge in [-0.15, -0.1) is 0 Å². The largest absolute Gasteiger partial charge is 0.435 e. The van der Waals surface area contributed by atoms with Crippen LogP contribution in [0.4, 0.5) is 4.79 Å². The number of carbonyl (C=O) groups excluding carboxylic acids is 2. The summed E-state index contributed by atoms with van der Waals surface area (Å²) in [5, 5.41) is 0. The van der Waals surface area contributed by atoms with Crippen molar-refractivity contribution >= 4 is 12.0 Å². The zero-order chi connectivity index (χ0) is 13.4. The fraction of sp³-hybridized carbons (Fsp3) is 0.0909. The van der Waals surface area contributed by atoms with Crippen molar-refractivity contribution in [1.29, 1.82) is 0 Å². The highest BCUT2D eigenvalue weighted by Gasteiger charge is 1.79. The quantitative estimate of drug-likeness (QED) is 0.435. The molecule has 0 rings (SSSR count). The molecule has 0 radical (unpaired) electrons. The lowest BCUT2D eigenvalue weighted by molar-refractivity contribution is -0.135. The minimum atomic E-state index is -0.833. The second-order valence-corrected chi connectivity index (χ2v) is 2.03. The molecule has 90 valence electrons. The lowest BCUT2D eigenvalue weighted by Gasteiger charge is -1.83. The Labute approximate surface area is 95.8 Å². The predicted molar refractivity (Wildman–Crippen MR) is 65.3 cm³/mol. The first-order valence-corrected chi connectivity index (χ1v) is 4.15. The molecule has 0 aliphatic heterocycles. The summed E-state index contributed by atoms with van der Waals surface area (Å²) in [6, 6.07) is -0.833. The summed E-state index contributed by atoms with van der Waals surface area (Å²) >= 11 is 0. The summed E-state index contributed by atoms with van der Waals surface area (Å²) in [6.45, 7) is 11.4. The molecule has 0 atom stereocenters. The van der Waals surface area contributed by atoms with Crippen LogP contribution in [-0.4, -0.2) is 12.0 Å². The van der Waals surface area contributed by atoms with Crippen LogP contribution in [0.25, 0.3) is 0 Å². The lowest BCUT2D eigenvalue weighted by Crippen LogP contribution is -2.18. The van der Waals surface area contributed by atoms with Crippen LogP contribution in [0.3, 0.4) is 0 Å². The maximum Gasteiger partial charge on any atom is 0.309 e. The third-order valence-corrected chi connectivity index (χ3v) is 0.633. The van der Waals surface area contributed by atoms with Gasteiger partial charge < -0.3 is 16.2 Å². The van der Waals surface area contributed by atoms with Gasteiger partial charge in [0.1, 0.15) is 0 Å². The van der Waals surface area contributed by atoms with E-state index in [1.54, 1.807) is 12.2 Å². The number of esters is 1. The van der Waals surface area contributed by atoms with Crippen LogP contribution in [0.2, 0.25) is 0 Å². The highest BCUT2D eigenvalue weighted by atomic mass is 16.5. The minimum Gasteiger partial charge on any atom is -0.435 e. The summed E-state index contributed by atoms with van der Waals surface area (Å²) in [5.74, 6) is -0.329. The molecule has 4 N–H and O–H groups in total. The van der Waals surface area contributed by atoms with E-state index in [9.17, 15) is 4.79 Å². The Hall–Kier alpha value is -2.30. The fourth-order valence-electron chi connectivity index (χ4n) is 0.274. The van der Waals surface area contributed by atoms with Crippen LogP contribution in [0.15, 0.2) is 50.3 Å². The Kier molecular flexibility index (Phi) is 22.3. The van der Waals surface area contributed by atoms with Gasteiger partial charge in [0.05, 0.1) is 6.26 Å². The highest BCUT2D eigenvalue weighted by Crippen LogP contribution is 1.70. The van der Waals surface area contributed by atoms with Crippen molar-refractivity contribution in [2.24, 2.45) is 11.5 Å². The molecule has 16 heavy (non-hydrogen) atoms. The average molecular weight is 226 g/mol. The highest BCUT2D eigenvalue weighted by molar-refractivity contribution is 5.69. The second-order valence-electron chi connectivity index (χ2n) is 2.03. The molecule has 0 aliphatic rings. The van der Waals surface area contributed by atoms with E-state index in [4.69, 9.17) is 4.79 Å². The average Bonchev–Trinajstić information content (AvgIpc) is 2.14. The number of nitrogens with two attached hydrogens (primary N) is 2. The third-order valence-electron chi connectivity index (χ3n) is 0.633. The van der Waals surface area contributed by atoms with Crippen molar-refractivity contribution in [3.63, 3.8) is 0 Å². The Balaban J connectivity index is -0.000000162. The van der Waals surface area contributed by atoms with E-state index in [1.165, 1.54) is 6.92 Å². The number of hydrogen-bond donors (Lipinski definition) is 2. The maximum absolute atomic E-state index is 9.75. The molecule has 0 saturated carbocycles. The summed E-state index contributed by atoms with van der Waals surface area (Å²) < 4.78 is 4.17. The number of hydrogen-bond acceptors (Lipinski definition) is 3. The number of primary amides is 2. The first-order chi connectivity index (χ1) is 7.42. The van der Waals surface area contributed by atoms with Gasteiger partial charge in [0, 0.05) is 6.92 Å². The predicted octanol–water partition coefficient (Wildman–Crippen LogP) is 1.63. The van der Waals surface area contributed by atoms with Crippen molar-refractivity contribution < 1.29 is 14.3 Å². The monoisotopic (exact) mass is 226 g/mol. The summed E-state index contributed by atoms with van der Waals surface area (Å²) in [5.41, 5.74) is 8.50. The van der Waals surface area contributed by atoms with Crippen LogP contribution in [0.1, 0.15) is 6.92 Å². The standard InChI is InChI=1S/C6H8.C4H6O2.CH4N2O/c1-3-5-6-4-2;1-3-6-4(2)5;2-1(3)4/h3-6H,1-2H2;3H,1H2,2H3;(H4,2,3,4). The van der Waals surface area contributed by atoms with Gasteiger partial charge >= 0.3 is 12.0 Å². The first-order valence-electron chi connectivity index (χ1n) is 4.15. The molecule has 0 bridgehead atoms. The Morgan fingerprint density at radius 2 is 1.38 bits per heavy atom. The molecule has 0 saturated heterocycles. The van der Waals surface area contributed by atoms with E-state index in [1.807, 2.05) is 12.2 Å². The number of ether oxygens (including phenoxy) is 1. The summed E-state index contributed by atoms with van der Waals surface area (Å²) in [6.07, 6.45) is 8.17. The van der Waals surface area contributed by atoms with E-state index in [0.717, 1.165) is 6.26 Å². The van der Waals surface area contributed by atoms with Gasteiger partial charge in [-0.1, -0.05) is 44.0 Å². The Morgan fingerprint density at radius 1 is 1.06 bits per heavy atom. The van der Waals surface area contributed by atoms with Crippen molar-refractivity contribution in [3.8, 4) is 0 Å². The SMILES string of the molecule is C=CC=CC=C.C=COC(C)=O.NC(N)=O. The number of rotatable bonds is 3. The van der Waals surface area contributed by atoms with Crippen molar-refractivity contribution in [3.05, 3.63) is 50.3 Å². The molecule has 0 aromatic heterocycles. The van der Waals surface area contributed by atoms with Gasteiger partial charge in [0.15, 0.2) is 0 Å². The van der Waals surface area contributed by atoms with Crippen molar-refractivity contribution in [1.82, 2.24) is 0 Å². The zero-order valence-corrected chi connectivity index (χ0v) is 9.39. The molecule has 0 unspecified atom stereocenters. The number of carbonyl (C=O) groups is 2. The van der Waals surface area contributed by atoms with Crippen molar-refractivity contribution in [2.45, 2.75) is 6.92 Å². The van der Waals surface area contributed by atoms with Crippen LogP contribution < -0.4 is 11.5 Å². The number of allylic oxidation sites excluding steroid dienone is 4. The molecule has 0 aliphatic carbocycles. The normalized spacial score (nSPS) is 7.31. The van der Waals surface area contributed by atoms with Crippen LogP contribution >= 0.6 is 0 Å². The van der Waals surface area contributed by atoms with E-state index >= 15 is 0 Å². The molecule has 5 nitrogen and oxygen atoms in total. The van der Waals surface area contributed by atoms with Gasteiger partial charge in [-0.2, -0.15) is 0 Å². The second kappa shape index (κ2) is 18.5. The maximum atomic E-state index is 9.75. The number of amides is 2. The van der Waals surface area contributed by atoms with E-state index in [2.05, 4.69) is 35.9 Å². The lowest BCUT2D eigenvalue weighted by atomic mass is 10.5. The van der Waals surface area contributed by atoms with E-state index < -0.39 is 6.03 Å². The van der Waals surface area contributed by atoms with Gasteiger partial charge in [-0.05, 0) is 0 Å². The van der Waals surface area contributed by atoms with Crippen LogP contribution in [-0.2, 0) is 9.53 Å². The molecule has 2 amide bonds. The van der Waals surface area contributed by atoms with Crippen LogP contribution in [0.5, 0.6) is 0 Å². The summed E-state index contributed by atoms with van der Waals surface area (Å²) in [7, 11) is 0. The molecular weight excluding hydrogens is 208 g/mol. The van der Waals surface area contributed by atoms with Gasteiger partial charge in [0.2, 0.25) is 0 Å². The minimum absolute atomic E-state index is 0.329. The van der Waals surface area contributed by atoms with Gasteiger partial charge in [-0.25, -0.2) is 4.79 Å². The van der Waals surface area contributed by atoms with Gasteiger partial charge in [-0.3, -0.25) is 4.79 Å². The molecule has 5 heteroatoms. The first kappa shape index (κ1) is 19.3. The zero-order valence-electron chi connectivity index (χ0n) is 9.39.